The summed E-state index contributed by atoms with van der Waals surface area (Å²) in [6.07, 6.45) is 6.38. The van der Waals surface area contributed by atoms with E-state index in [1.54, 1.807) is 6.08 Å². The Morgan fingerprint density at radius 1 is 1.75 bits per heavy atom. The molecule has 1 aliphatic rings. The largest absolute Gasteiger partial charge is 0.342 e. The summed E-state index contributed by atoms with van der Waals surface area (Å²) < 4.78 is 1.86. The van der Waals surface area contributed by atoms with Crippen LogP contribution in [0.15, 0.2) is 12.3 Å². The second kappa shape index (κ2) is 2.48. The molecule has 12 heavy (non-hydrogen) atoms. The van der Waals surface area contributed by atoms with Crippen molar-refractivity contribution in [1.82, 2.24) is 9.55 Å². The van der Waals surface area contributed by atoms with E-state index >= 15 is 0 Å². The summed E-state index contributed by atoms with van der Waals surface area (Å²) in [6.45, 7) is 1.91. The van der Waals surface area contributed by atoms with Crippen molar-refractivity contribution in [2.75, 3.05) is 5.32 Å². The summed E-state index contributed by atoms with van der Waals surface area (Å²) in [6, 6.07) is -0.237. The van der Waals surface area contributed by atoms with Crippen molar-refractivity contribution in [2.45, 2.75) is 13.0 Å². The summed E-state index contributed by atoms with van der Waals surface area (Å²) in [5, 5.41) is 2.96. The van der Waals surface area contributed by atoms with Gasteiger partial charge in [0, 0.05) is 12.4 Å². The Kier molecular flexibility index (Phi) is 1.46. The average molecular weight is 163 g/mol. The minimum atomic E-state index is -0.237. The number of nitrogens with one attached hydrogen (secondary N) is 1. The predicted octanol–water partition coefficient (Wildman–Crippen LogP) is 0.655. The third kappa shape index (κ3) is 1.01. The van der Waals surface area contributed by atoms with Crippen molar-refractivity contribution in [3.8, 4) is 0 Å². The van der Waals surface area contributed by atoms with Gasteiger partial charge in [-0.3, -0.25) is 4.57 Å². The molecule has 0 bridgehead atoms. The summed E-state index contributed by atoms with van der Waals surface area (Å²) in [4.78, 5) is 14.6. The van der Waals surface area contributed by atoms with Crippen LogP contribution in [0.1, 0.15) is 5.69 Å². The SMILES string of the molecule is Cc1cn2c(n1)NC(C=O)C=C2. The first-order valence-electron chi connectivity index (χ1n) is 3.75. The highest BCUT2D eigenvalue weighted by atomic mass is 16.1. The molecule has 1 atom stereocenters. The highest BCUT2D eigenvalue weighted by molar-refractivity contribution is 5.69. The second-order valence-corrected chi connectivity index (χ2v) is 2.76. The highest BCUT2D eigenvalue weighted by Gasteiger charge is 2.12. The van der Waals surface area contributed by atoms with Crippen LogP contribution in [-0.4, -0.2) is 21.9 Å². The maximum absolute atomic E-state index is 10.4. The monoisotopic (exact) mass is 163 g/mol. The van der Waals surface area contributed by atoms with Crippen molar-refractivity contribution in [3.63, 3.8) is 0 Å². The van der Waals surface area contributed by atoms with E-state index in [4.69, 9.17) is 0 Å². The number of nitrogens with zero attached hydrogens (tertiary/aromatic N) is 2. The lowest BCUT2D eigenvalue weighted by Crippen LogP contribution is -2.23. The first-order chi connectivity index (χ1) is 5.79. The molecule has 0 fully saturated rings. The van der Waals surface area contributed by atoms with Gasteiger partial charge in [0.2, 0.25) is 5.95 Å². The van der Waals surface area contributed by atoms with Crippen molar-refractivity contribution < 1.29 is 4.79 Å². The first kappa shape index (κ1) is 7.09. The van der Waals surface area contributed by atoms with Crippen LogP contribution in [0.2, 0.25) is 0 Å². The number of fused-ring (bicyclic) bond motifs is 1. The number of hydrogen-bond donors (Lipinski definition) is 1. The molecule has 2 heterocycles. The Labute approximate surface area is 69.9 Å². The van der Waals surface area contributed by atoms with Gasteiger partial charge in [0.15, 0.2) is 0 Å². The molecule has 0 spiro atoms. The van der Waals surface area contributed by atoms with Crippen LogP contribution in [0.3, 0.4) is 0 Å². The fourth-order valence-corrected chi connectivity index (χ4v) is 1.20. The quantitative estimate of drug-likeness (QED) is 0.618. The molecule has 0 amide bonds. The number of imidazole rings is 1. The Morgan fingerprint density at radius 3 is 3.33 bits per heavy atom. The number of aryl methyl sites for hydroxylation is 1. The lowest BCUT2D eigenvalue weighted by atomic mass is 10.3. The Hall–Kier alpha value is -1.58. The van der Waals surface area contributed by atoms with E-state index in [9.17, 15) is 4.79 Å². The summed E-state index contributed by atoms with van der Waals surface area (Å²) in [7, 11) is 0. The van der Waals surface area contributed by atoms with E-state index in [1.807, 2.05) is 23.9 Å². The Balaban J connectivity index is 2.37. The molecule has 2 rings (SSSR count). The zero-order chi connectivity index (χ0) is 8.55. The molecule has 1 aliphatic heterocycles. The van der Waals surface area contributed by atoms with Crippen LogP contribution in [0, 0.1) is 6.92 Å². The number of aldehydes is 1. The summed E-state index contributed by atoms with van der Waals surface area (Å²) in [5.74, 6) is 0.729. The molecule has 0 aromatic carbocycles. The maximum atomic E-state index is 10.4. The third-order valence-corrected chi connectivity index (χ3v) is 1.75. The zero-order valence-corrected chi connectivity index (χ0v) is 6.69. The van der Waals surface area contributed by atoms with Crippen molar-refractivity contribution in [3.05, 3.63) is 18.0 Å². The van der Waals surface area contributed by atoms with Gasteiger partial charge in [0.25, 0.3) is 0 Å². The molecule has 0 radical (unpaired) electrons. The van der Waals surface area contributed by atoms with Crippen molar-refractivity contribution >= 4 is 18.4 Å². The van der Waals surface area contributed by atoms with E-state index in [0.717, 1.165) is 17.9 Å². The summed E-state index contributed by atoms with van der Waals surface area (Å²) in [5.41, 5.74) is 0.939. The van der Waals surface area contributed by atoms with Crippen LogP contribution in [-0.2, 0) is 4.79 Å². The van der Waals surface area contributed by atoms with Crippen LogP contribution in [0.25, 0.3) is 6.20 Å². The van der Waals surface area contributed by atoms with E-state index in [-0.39, 0.29) is 6.04 Å². The van der Waals surface area contributed by atoms with Gasteiger partial charge in [-0.05, 0) is 13.0 Å². The van der Waals surface area contributed by atoms with Crippen LogP contribution in [0.4, 0.5) is 5.95 Å². The minimum Gasteiger partial charge on any atom is -0.342 e. The molecule has 1 aromatic heterocycles. The molecular formula is C8H9N3O. The number of hydrogen-bond acceptors (Lipinski definition) is 3. The molecule has 0 aliphatic carbocycles. The third-order valence-electron chi connectivity index (χ3n) is 1.75. The molecular weight excluding hydrogens is 154 g/mol. The summed E-state index contributed by atoms with van der Waals surface area (Å²) >= 11 is 0. The topological polar surface area (TPSA) is 46.9 Å². The van der Waals surface area contributed by atoms with Gasteiger partial charge in [0.05, 0.1) is 5.69 Å². The molecule has 4 heteroatoms. The van der Waals surface area contributed by atoms with Crippen LogP contribution in [0.5, 0.6) is 0 Å². The van der Waals surface area contributed by atoms with Gasteiger partial charge in [-0.2, -0.15) is 0 Å². The average Bonchev–Trinajstić information content (AvgIpc) is 2.43. The first-order valence-corrected chi connectivity index (χ1v) is 3.75. The van der Waals surface area contributed by atoms with E-state index in [1.165, 1.54) is 0 Å². The number of rotatable bonds is 1. The number of anilines is 1. The maximum Gasteiger partial charge on any atom is 0.208 e. The Morgan fingerprint density at radius 2 is 2.58 bits per heavy atom. The molecule has 1 N–H and O–H groups in total. The van der Waals surface area contributed by atoms with Gasteiger partial charge in [0.1, 0.15) is 12.3 Å². The molecule has 1 aromatic rings. The fraction of sp³-hybridized carbons (Fsp3) is 0.250. The van der Waals surface area contributed by atoms with Crippen molar-refractivity contribution in [1.29, 1.82) is 0 Å². The zero-order valence-electron chi connectivity index (χ0n) is 6.69. The van der Waals surface area contributed by atoms with Gasteiger partial charge in [-0.25, -0.2) is 4.98 Å². The van der Waals surface area contributed by atoms with Gasteiger partial charge < -0.3 is 10.1 Å². The standard InChI is InChI=1S/C8H9N3O/c1-6-4-11-3-2-7(5-12)10-8(11)9-6/h2-5,7H,1H3,(H,9,10). The number of carbonyl (C=O) groups is 1. The minimum absolute atomic E-state index is 0.237. The number of aromatic nitrogens is 2. The second-order valence-electron chi connectivity index (χ2n) is 2.76. The van der Waals surface area contributed by atoms with Crippen molar-refractivity contribution in [2.24, 2.45) is 0 Å². The Bertz CT molecular complexity index is 340. The lowest BCUT2D eigenvalue weighted by molar-refractivity contribution is -0.107. The normalized spacial score (nSPS) is 19.9. The van der Waals surface area contributed by atoms with Gasteiger partial charge in [-0.15, -0.1) is 0 Å². The predicted molar refractivity (Wildman–Crippen MR) is 45.8 cm³/mol. The molecule has 62 valence electrons. The smallest absolute Gasteiger partial charge is 0.208 e. The van der Waals surface area contributed by atoms with Crippen LogP contribution >= 0.6 is 0 Å². The highest BCUT2D eigenvalue weighted by Crippen LogP contribution is 2.14. The van der Waals surface area contributed by atoms with Gasteiger partial charge >= 0.3 is 0 Å². The molecule has 1 unspecified atom stereocenters. The number of carbonyl (C=O) groups excluding carboxylic acids is 1. The molecule has 0 saturated carbocycles. The fourth-order valence-electron chi connectivity index (χ4n) is 1.20. The molecule has 0 saturated heterocycles. The van der Waals surface area contributed by atoms with E-state index < -0.39 is 0 Å². The van der Waals surface area contributed by atoms with E-state index in [2.05, 4.69) is 10.3 Å². The van der Waals surface area contributed by atoms with Crippen LogP contribution < -0.4 is 5.32 Å². The molecule has 4 nitrogen and oxygen atoms in total. The van der Waals surface area contributed by atoms with Gasteiger partial charge in [-0.1, -0.05) is 0 Å². The lowest BCUT2D eigenvalue weighted by Gasteiger charge is -2.14. The van der Waals surface area contributed by atoms with E-state index in [0.29, 0.717) is 0 Å².